The lowest BCUT2D eigenvalue weighted by Gasteiger charge is -2.12. The molecule has 2 heterocycles. The predicted molar refractivity (Wildman–Crippen MR) is 99.0 cm³/mol. The number of thiocarbonyl (C=S) groups is 1. The van der Waals surface area contributed by atoms with Gasteiger partial charge in [-0.2, -0.15) is 5.10 Å². The van der Waals surface area contributed by atoms with E-state index in [0.29, 0.717) is 11.0 Å². The maximum Gasteiger partial charge on any atom is 0.187 e. The summed E-state index contributed by atoms with van der Waals surface area (Å²) in [6.45, 7) is 11.3. The Hall–Kier alpha value is -1.40. The lowest BCUT2D eigenvalue weighted by Crippen LogP contribution is -2.37. The molecular formula is C17H28N4OS. The fourth-order valence-electron chi connectivity index (χ4n) is 2.82. The maximum atomic E-state index is 5.55. The quantitative estimate of drug-likeness (QED) is 0.476. The first kappa shape index (κ1) is 17.9. The SMILES string of the molecule is Cc1cc(C=NNC(=S)NC[C@H]2CCCO2)c(C)n1CC(C)C. The summed E-state index contributed by atoms with van der Waals surface area (Å²) in [6.07, 6.45) is 4.34. The third-order valence-corrected chi connectivity index (χ3v) is 4.28. The minimum absolute atomic E-state index is 0.272. The molecule has 0 bridgehead atoms. The first-order chi connectivity index (χ1) is 11.0. The van der Waals surface area contributed by atoms with Gasteiger partial charge in [-0.3, -0.25) is 5.43 Å². The van der Waals surface area contributed by atoms with E-state index < -0.39 is 0 Å². The van der Waals surface area contributed by atoms with Crippen LogP contribution in [0.5, 0.6) is 0 Å². The Morgan fingerprint density at radius 3 is 2.96 bits per heavy atom. The van der Waals surface area contributed by atoms with Crippen LogP contribution in [0.1, 0.15) is 43.6 Å². The van der Waals surface area contributed by atoms with Crippen LogP contribution in [0.3, 0.4) is 0 Å². The van der Waals surface area contributed by atoms with Crippen molar-refractivity contribution in [3.63, 3.8) is 0 Å². The minimum Gasteiger partial charge on any atom is -0.376 e. The Labute approximate surface area is 144 Å². The van der Waals surface area contributed by atoms with Gasteiger partial charge >= 0.3 is 0 Å². The molecule has 0 radical (unpaired) electrons. The molecule has 2 N–H and O–H groups in total. The van der Waals surface area contributed by atoms with Gasteiger partial charge in [-0.1, -0.05) is 13.8 Å². The monoisotopic (exact) mass is 336 g/mol. The molecule has 0 saturated carbocycles. The van der Waals surface area contributed by atoms with Crippen molar-refractivity contribution in [2.75, 3.05) is 13.2 Å². The van der Waals surface area contributed by atoms with Gasteiger partial charge in [0.2, 0.25) is 0 Å². The summed E-state index contributed by atoms with van der Waals surface area (Å²) in [7, 11) is 0. The number of nitrogens with zero attached hydrogens (tertiary/aromatic N) is 2. The van der Waals surface area contributed by atoms with Gasteiger partial charge in [-0.05, 0) is 50.9 Å². The first-order valence-corrected chi connectivity index (χ1v) is 8.73. The summed E-state index contributed by atoms with van der Waals surface area (Å²) in [4.78, 5) is 0. The van der Waals surface area contributed by atoms with E-state index in [0.717, 1.165) is 38.1 Å². The molecule has 0 unspecified atom stereocenters. The predicted octanol–water partition coefficient (Wildman–Crippen LogP) is 2.74. The minimum atomic E-state index is 0.272. The Morgan fingerprint density at radius 2 is 2.30 bits per heavy atom. The molecule has 1 atom stereocenters. The molecule has 23 heavy (non-hydrogen) atoms. The van der Waals surface area contributed by atoms with E-state index in [1.165, 1.54) is 11.4 Å². The number of hydrogen-bond acceptors (Lipinski definition) is 3. The van der Waals surface area contributed by atoms with Crippen molar-refractivity contribution >= 4 is 23.5 Å². The van der Waals surface area contributed by atoms with Gasteiger partial charge < -0.3 is 14.6 Å². The summed E-state index contributed by atoms with van der Waals surface area (Å²) in [5, 5.41) is 7.93. The van der Waals surface area contributed by atoms with Gasteiger partial charge in [0.1, 0.15) is 0 Å². The molecule has 1 aromatic heterocycles. The maximum absolute atomic E-state index is 5.55. The van der Waals surface area contributed by atoms with Crippen molar-refractivity contribution in [2.45, 2.75) is 53.2 Å². The molecule has 0 amide bonds. The Bertz CT molecular complexity index is 559. The standard InChI is InChI=1S/C17H28N4OS/c1-12(2)11-21-13(3)8-15(14(21)4)9-19-20-17(23)18-10-16-6-5-7-22-16/h8-9,12,16H,5-7,10-11H2,1-4H3,(H2,18,20,23)/t16-/m1/s1. The summed E-state index contributed by atoms with van der Waals surface area (Å²) in [5.41, 5.74) is 6.50. The lowest BCUT2D eigenvalue weighted by atomic mass is 10.2. The smallest absolute Gasteiger partial charge is 0.187 e. The van der Waals surface area contributed by atoms with E-state index in [1.54, 1.807) is 0 Å². The molecule has 1 aromatic rings. The molecule has 1 fully saturated rings. The second kappa shape index (κ2) is 8.45. The van der Waals surface area contributed by atoms with Gasteiger partial charge in [0.05, 0.1) is 12.3 Å². The third-order valence-electron chi connectivity index (χ3n) is 4.04. The molecule has 2 rings (SSSR count). The second-order valence-electron chi connectivity index (χ2n) is 6.55. The Balaban J connectivity index is 1.83. The number of ether oxygens (including phenoxy) is 1. The van der Waals surface area contributed by atoms with E-state index in [9.17, 15) is 0 Å². The third kappa shape index (κ3) is 5.32. The fourth-order valence-corrected chi connectivity index (χ4v) is 2.95. The van der Waals surface area contributed by atoms with Crippen LogP contribution in [0.25, 0.3) is 0 Å². The zero-order chi connectivity index (χ0) is 16.8. The molecule has 5 nitrogen and oxygen atoms in total. The Kier molecular flexibility index (Phi) is 6.59. The highest BCUT2D eigenvalue weighted by atomic mass is 32.1. The van der Waals surface area contributed by atoms with Crippen LogP contribution >= 0.6 is 12.2 Å². The second-order valence-corrected chi connectivity index (χ2v) is 6.95. The highest BCUT2D eigenvalue weighted by Crippen LogP contribution is 2.15. The van der Waals surface area contributed by atoms with Crippen molar-refractivity contribution in [3.8, 4) is 0 Å². The van der Waals surface area contributed by atoms with Crippen LogP contribution < -0.4 is 10.7 Å². The van der Waals surface area contributed by atoms with Crippen LogP contribution in [-0.2, 0) is 11.3 Å². The number of hydrazone groups is 1. The zero-order valence-electron chi connectivity index (χ0n) is 14.6. The molecule has 1 aliphatic rings. The average molecular weight is 337 g/mol. The number of rotatable bonds is 6. The average Bonchev–Trinajstić information content (AvgIpc) is 3.09. The topological polar surface area (TPSA) is 50.6 Å². The lowest BCUT2D eigenvalue weighted by molar-refractivity contribution is 0.114. The van der Waals surface area contributed by atoms with Crippen molar-refractivity contribution < 1.29 is 4.74 Å². The molecule has 6 heteroatoms. The van der Waals surface area contributed by atoms with Gasteiger partial charge in [0.25, 0.3) is 0 Å². The molecule has 0 spiro atoms. The van der Waals surface area contributed by atoms with E-state index in [2.05, 4.69) is 54.2 Å². The molecule has 1 saturated heterocycles. The summed E-state index contributed by atoms with van der Waals surface area (Å²) < 4.78 is 7.88. The first-order valence-electron chi connectivity index (χ1n) is 8.32. The largest absolute Gasteiger partial charge is 0.376 e. The molecular weight excluding hydrogens is 308 g/mol. The number of aryl methyl sites for hydroxylation is 1. The van der Waals surface area contributed by atoms with Gasteiger partial charge in [0, 0.05) is 36.6 Å². The van der Waals surface area contributed by atoms with E-state index in [-0.39, 0.29) is 6.10 Å². The summed E-state index contributed by atoms with van der Waals surface area (Å²) >= 11 is 5.23. The normalized spacial score (nSPS) is 18.0. The highest BCUT2D eigenvalue weighted by Gasteiger charge is 2.15. The number of aromatic nitrogens is 1. The van der Waals surface area contributed by atoms with Crippen molar-refractivity contribution in [3.05, 3.63) is 23.0 Å². The fraction of sp³-hybridized carbons (Fsp3) is 0.647. The van der Waals surface area contributed by atoms with Crippen LogP contribution in [0, 0.1) is 19.8 Å². The molecule has 0 aliphatic carbocycles. The van der Waals surface area contributed by atoms with E-state index >= 15 is 0 Å². The van der Waals surface area contributed by atoms with Crippen molar-refractivity contribution in [1.29, 1.82) is 0 Å². The Morgan fingerprint density at radius 1 is 1.52 bits per heavy atom. The van der Waals surface area contributed by atoms with Gasteiger partial charge in [0.15, 0.2) is 5.11 Å². The molecule has 1 aliphatic heterocycles. The highest BCUT2D eigenvalue weighted by molar-refractivity contribution is 7.80. The summed E-state index contributed by atoms with van der Waals surface area (Å²) in [5.74, 6) is 0.622. The van der Waals surface area contributed by atoms with Crippen molar-refractivity contribution in [1.82, 2.24) is 15.3 Å². The van der Waals surface area contributed by atoms with Gasteiger partial charge in [-0.15, -0.1) is 0 Å². The van der Waals surface area contributed by atoms with Crippen molar-refractivity contribution in [2.24, 2.45) is 11.0 Å². The van der Waals surface area contributed by atoms with Crippen LogP contribution in [0.15, 0.2) is 11.2 Å². The van der Waals surface area contributed by atoms with E-state index in [4.69, 9.17) is 17.0 Å². The summed E-state index contributed by atoms with van der Waals surface area (Å²) in [6, 6.07) is 2.16. The van der Waals surface area contributed by atoms with Crippen LogP contribution in [-0.4, -0.2) is 35.1 Å². The van der Waals surface area contributed by atoms with Crippen LogP contribution in [0.2, 0.25) is 0 Å². The number of nitrogens with one attached hydrogen (secondary N) is 2. The molecule has 128 valence electrons. The molecule has 0 aromatic carbocycles. The number of hydrogen-bond donors (Lipinski definition) is 2. The van der Waals surface area contributed by atoms with Crippen LogP contribution in [0.4, 0.5) is 0 Å². The zero-order valence-corrected chi connectivity index (χ0v) is 15.4. The van der Waals surface area contributed by atoms with E-state index in [1.807, 2.05) is 6.21 Å². The van der Waals surface area contributed by atoms with Gasteiger partial charge in [-0.25, -0.2) is 0 Å².